The van der Waals surface area contributed by atoms with Crippen molar-refractivity contribution in [1.29, 1.82) is 0 Å². The summed E-state index contributed by atoms with van der Waals surface area (Å²) in [5.41, 5.74) is 0. The quantitative estimate of drug-likeness (QED) is 0.827. The molecule has 1 aliphatic rings. The summed E-state index contributed by atoms with van der Waals surface area (Å²) in [5.74, 6) is -0.181. The van der Waals surface area contributed by atoms with Crippen LogP contribution >= 0.6 is 11.3 Å². The minimum absolute atomic E-state index is 0.290. The highest BCUT2D eigenvalue weighted by Gasteiger charge is 2.24. The molecule has 5 heteroatoms. The fraction of sp³-hybridized carbons (Fsp3) is 0.600. The van der Waals surface area contributed by atoms with E-state index in [1.165, 1.54) is 36.8 Å². The number of carbonyl (C=O) groups is 1. The van der Waals surface area contributed by atoms with Gasteiger partial charge in [0.05, 0.1) is 6.20 Å². The second-order valence-electron chi connectivity index (χ2n) is 3.96. The number of hydrogen-bond donors (Lipinski definition) is 2. The van der Waals surface area contributed by atoms with Gasteiger partial charge in [0.1, 0.15) is 4.88 Å². The Hall–Kier alpha value is -1.10. The van der Waals surface area contributed by atoms with Crippen molar-refractivity contribution in [3.05, 3.63) is 11.1 Å². The highest BCUT2D eigenvalue weighted by molar-refractivity contribution is 7.17. The van der Waals surface area contributed by atoms with Crippen molar-refractivity contribution in [1.82, 2.24) is 4.98 Å². The van der Waals surface area contributed by atoms with Crippen LogP contribution < -0.4 is 5.32 Å². The predicted octanol–water partition coefficient (Wildman–Crippen LogP) is 2.44. The highest BCUT2D eigenvalue weighted by Crippen LogP contribution is 2.31. The first-order chi connectivity index (χ1) is 7.16. The van der Waals surface area contributed by atoms with E-state index in [9.17, 15) is 4.79 Å². The average molecular weight is 226 g/mol. The van der Waals surface area contributed by atoms with E-state index >= 15 is 0 Å². The van der Waals surface area contributed by atoms with Gasteiger partial charge in [-0.2, -0.15) is 0 Å². The maximum atomic E-state index is 10.6. The second-order valence-corrected chi connectivity index (χ2v) is 4.99. The van der Waals surface area contributed by atoms with Gasteiger partial charge in [-0.25, -0.2) is 9.78 Å². The normalized spacial score (nSPS) is 18.2. The van der Waals surface area contributed by atoms with Gasteiger partial charge in [-0.05, 0) is 25.7 Å². The minimum atomic E-state index is -0.906. The van der Waals surface area contributed by atoms with Crippen LogP contribution in [0, 0.1) is 5.92 Å². The van der Waals surface area contributed by atoms with Gasteiger partial charge in [0, 0.05) is 6.04 Å². The number of nitrogens with zero attached hydrogens (tertiary/aromatic N) is 1. The number of carboxylic acids is 1. The molecule has 1 heterocycles. The fourth-order valence-electron chi connectivity index (χ4n) is 1.69. The van der Waals surface area contributed by atoms with Crippen LogP contribution in [0.3, 0.4) is 0 Å². The van der Waals surface area contributed by atoms with Crippen molar-refractivity contribution < 1.29 is 9.90 Å². The van der Waals surface area contributed by atoms with E-state index in [-0.39, 0.29) is 0 Å². The van der Waals surface area contributed by atoms with Crippen LogP contribution in [0.15, 0.2) is 6.20 Å². The first kappa shape index (κ1) is 10.4. The van der Waals surface area contributed by atoms with Gasteiger partial charge in [0.15, 0.2) is 5.13 Å². The maximum Gasteiger partial charge on any atom is 0.347 e. The van der Waals surface area contributed by atoms with Gasteiger partial charge < -0.3 is 10.4 Å². The van der Waals surface area contributed by atoms with E-state index in [2.05, 4.69) is 17.2 Å². The van der Waals surface area contributed by atoms with Gasteiger partial charge in [-0.15, -0.1) is 0 Å². The van der Waals surface area contributed by atoms with E-state index in [4.69, 9.17) is 5.11 Å². The first-order valence-electron chi connectivity index (χ1n) is 5.12. The minimum Gasteiger partial charge on any atom is -0.477 e. The van der Waals surface area contributed by atoms with Gasteiger partial charge in [-0.1, -0.05) is 17.8 Å². The Balaban J connectivity index is 1.94. The van der Waals surface area contributed by atoms with Crippen molar-refractivity contribution in [2.75, 3.05) is 5.32 Å². The molecule has 2 rings (SSSR count). The number of aromatic nitrogens is 1. The molecule has 0 amide bonds. The molecule has 0 spiro atoms. The lowest BCUT2D eigenvalue weighted by Gasteiger charge is -2.31. The molecule has 0 aromatic carbocycles. The number of nitrogens with one attached hydrogen (secondary N) is 1. The lowest BCUT2D eigenvalue weighted by atomic mass is 9.80. The summed E-state index contributed by atoms with van der Waals surface area (Å²) in [6, 6.07) is 0.395. The Bertz CT molecular complexity index is 360. The van der Waals surface area contributed by atoms with Crippen LogP contribution in [0.2, 0.25) is 0 Å². The maximum absolute atomic E-state index is 10.6. The molecule has 1 aromatic heterocycles. The highest BCUT2D eigenvalue weighted by atomic mass is 32.1. The molecular formula is C10H14N2O2S. The molecule has 0 radical (unpaired) electrons. The van der Waals surface area contributed by atoms with Crippen LogP contribution in [-0.4, -0.2) is 22.1 Å². The Morgan fingerprint density at radius 3 is 2.93 bits per heavy atom. The third kappa shape index (κ3) is 2.28. The fourth-order valence-corrected chi connectivity index (χ4v) is 2.44. The van der Waals surface area contributed by atoms with Crippen LogP contribution in [-0.2, 0) is 0 Å². The Kier molecular flexibility index (Phi) is 2.90. The third-order valence-corrected chi connectivity index (χ3v) is 3.84. The third-order valence-electron chi connectivity index (χ3n) is 2.92. The molecule has 1 aliphatic carbocycles. The first-order valence-corrected chi connectivity index (χ1v) is 5.94. The zero-order valence-corrected chi connectivity index (χ0v) is 9.38. The van der Waals surface area contributed by atoms with Crippen molar-refractivity contribution in [2.45, 2.75) is 32.2 Å². The van der Waals surface area contributed by atoms with E-state index in [0.717, 1.165) is 5.92 Å². The average Bonchev–Trinajstić information content (AvgIpc) is 2.48. The number of thiazole rings is 1. The standard InChI is InChI=1S/C10H14N2O2S/c1-6(7-3-2-4-7)12-10-11-5-8(15-10)9(13)14/h5-7H,2-4H2,1H3,(H,11,12)(H,13,14). The number of hydrogen-bond acceptors (Lipinski definition) is 4. The number of carboxylic acid groups (broad SMARTS) is 1. The van der Waals surface area contributed by atoms with E-state index in [1.807, 2.05) is 0 Å². The molecule has 1 unspecified atom stereocenters. The summed E-state index contributed by atoms with van der Waals surface area (Å²) >= 11 is 1.20. The summed E-state index contributed by atoms with van der Waals surface area (Å²) in [5, 5.41) is 12.7. The van der Waals surface area contributed by atoms with Crippen LogP contribution in [0.1, 0.15) is 35.9 Å². The number of rotatable bonds is 4. The molecule has 1 saturated carbocycles. The molecule has 1 fully saturated rings. The van der Waals surface area contributed by atoms with Gasteiger partial charge in [-0.3, -0.25) is 0 Å². The van der Waals surface area contributed by atoms with E-state index in [0.29, 0.717) is 16.1 Å². The summed E-state index contributed by atoms with van der Waals surface area (Å²) in [7, 11) is 0. The molecule has 1 atom stereocenters. The Morgan fingerprint density at radius 2 is 2.47 bits per heavy atom. The Labute approximate surface area is 92.3 Å². The van der Waals surface area contributed by atoms with Crippen LogP contribution in [0.5, 0.6) is 0 Å². The summed E-state index contributed by atoms with van der Waals surface area (Å²) < 4.78 is 0. The number of anilines is 1. The summed E-state index contributed by atoms with van der Waals surface area (Å²) in [4.78, 5) is 15.0. The van der Waals surface area contributed by atoms with Crippen molar-refractivity contribution in [3.8, 4) is 0 Å². The van der Waals surface area contributed by atoms with Crippen LogP contribution in [0.4, 0.5) is 5.13 Å². The molecule has 4 nitrogen and oxygen atoms in total. The lowest BCUT2D eigenvalue weighted by Crippen LogP contribution is -2.30. The molecule has 1 aromatic rings. The van der Waals surface area contributed by atoms with Gasteiger partial charge in [0.25, 0.3) is 0 Å². The molecule has 0 aliphatic heterocycles. The molecule has 15 heavy (non-hydrogen) atoms. The SMILES string of the molecule is CC(Nc1ncc(C(=O)O)s1)C1CCC1. The lowest BCUT2D eigenvalue weighted by molar-refractivity contribution is 0.0702. The monoisotopic (exact) mass is 226 g/mol. The molecule has 82 valence electrons. The smallest absolute Gasteiger partial charge is 0.347 e. The second kappa shape index (κ2) is 4.18. The zero-order chi connectivity index (χ0) is 10.8. The molecule has 0 saturated heterocycles. The molecular weight excluding hydrogens is 212 g/mol. The number of aromatic carboxylic acids is 1. The summed E-state index contributed by atoms with van der Waals surface area (Å²) in [6.07, 6.45) is 5.26. The molecule has 2 N–H and O–H groups in total. The van der Waals surface area contributed by atoms with Crippen LogP contribution in [0.25, 0.3) is 0 Å². The van der Waals surface area contributed by atoms with Gasteiger partial charge in [0.2, 0.25) is 0 Å². The predicted molar refractivity (Wildman–Crippen MR) is 59.5 cm³/mol. The van der Waals surface area contributed by atoms with Crippen molar-refractivity contribution in [2.24, 2.45) is 5.92 Å². The summed E-state index contributed by atoms with van der Waals surface area (Å²) in [6.45, 7) is 2.13. The van der Waals surface area contributed by atoms with E-state index < -0.39 is 5.97 Å². The zero-order valence-electron chi connectivity index (χ0n) is 8.56. The topological polar surface area (TPSA) is 62.2 Å². The Morgan fingerprint density at radius 1 is 1.73 bits per heavy atom. The van der Waals surface area contributed by atoms with Gasteiger partial charge >= 0.3 is 5.97 Å². The molecule has 0 bridgehead atoms. The van der Waals surface area contributed by atoms with Crippen molar-refractivity contribution >= 4 is 22.4 Å². The van der Waals surface area contributed by atoms with E-state index in [1.54, 1.807) is 0 Å². The van der Waals surface area contributed by atoms with Crippen molar-refractivity contribution in [3.63, 3.8) is 0 Å². The largest absolute Gasteiger partial charge is 0.477 e.